The molecule has 0 saturated heterocycles. The fourth-order valence-corrected chi connectivity index (χ4v) is 0. The van der Waals surface area contributed by atoms with Crippen molar-refractivity contribution in [2.24, 2.45) is 0 Å². The minimum absolute atomic E-state index is 0. The van der Waals surface area contributed by atoms with E-state index >= 15 is 0 Å². The van der Waals surface area contributed by atoms with E-state index in [1.807, 2.05) is 0 Å². The van der Waals surface area contributed by atoms with Crippen LogP contribution in [0.15, 0.2) is 0 Å². The number of hydrogen-bond acceptors (Lipinski definition) is 0. The molecule has 0 fully saturated rings. The van der Waals surface area contributed by atoms with Crippen molar-refractivity contribution >= 4 is 51.8 Å². The van der Waals surface area contributed by atoms with Crippen LogP contribution in [0.3, 0.4) is 0 Å². The molecule has 0 spiro atoms. The van der Waals surface area contributed by atoms with Crippen LogP contribution >= 0.6 is 0 Å². The summed E-state index contributed by atoms with van der Waals surface area (Å²) in [4.78, 5) is 0. The first kappa shape index (κ1) is 22.1. The topological polar surface area (TPSA) is 0 Å². The van der Waals surface area contributed by atoms with Crippen LogP contribution < -0.4 is 0 Å². The molecule has 0 bridgehead atoms. The first-order chi connectivity index (χ1) is 5.89. The van der Waals surface area contributed by atoms with Crippen molar-refractivity contribution < 1.29 is 0 Å². The molecule has 0 aromatic heterocycles. The minimum Gasteiger partial charge on any atom is 0 e. The second kappa shape index (κ2) is 8.87. The first-order valence-electron chi connectivity index (χ1n) is 5.50. The Morgan fingerprint density at radius 2 is 0.600 bits per heavy atom. The van der Waals surface area contributed by atoms with Crippen LogP contribution in [0.2, 0.25) is 31.5 Å². The maximum absolute atomic E-state index is 2.42. The average molecular weight is 344 g/mol. The van der Waals surface area contributed by atoms with E-state index in [0.29, 0.717) is 8.49 Å². The molecule has 0 atom stereocenters. The summed E-state index contributed by atoms with van der Waals surface area (Å²) in [6.45, 7) is 14.0. The summed E-state index contributed by atoms with van der Waals surface area (Å²) in [5, 5.41) is 0. The van der Waals surface area contributed by atoms with Crippen LogP contribution in [0.4, 0.5) is 0 Å². The summed E-state index contributed by atoms with van der Waals surface area (Å²) in [5.41, 5.74) is 0. The first-order valence-corrected chi connectivity index (χ1v) is 16.0. The Labute approximate surface area is 124 Å². The van der Waals surface area contributed by atoms with E-state index in [4.69, 9.17) is 0 Å². The van der Waals surface area contributed by atoms with Crippen LogP contribution in [-0.2, 0) is 0 Å². The fraction of sp³-hybridized carbons (Fsp3) is 1.00. The molecule has 0 aliphatic rings. The number of rotatable bonds is 0. The van der Waals surface area contributed by atoms with E-state index in [2.05, 4.69) is 64.6 Å². The van der Waals surface area contributed by atoms with Crippen molar-refractivity contribution in [2.45, 2.75) is 73.1 Å². The van der Waals surface area contributed by atoms with Crippen molar-refractivity contribution in [1.29, 1.82) is 0 Å². The maximum atomic E-state index is 2.42. The molecule has 0 aromatic rings. The third-order valence-corrected chi connectivity index (χ3v) is 15.6. The van der Waals surface area contributed by atoms with E-state index in [1.54, 1.807) is 0 Å². The maximum Gasteiger partial charge on any atom is 0 e. The van der Waals surface area contributed by atoms with Gasteiger partial charge < -0.3 is 0 Å². The predicted molar refractivity (Wildman–Crippen MR) is 80.1 cm³/mol. The van der Waals surface area contributed by atoms with Gasteiger partial charge in [-0.05, 0) is 0 Å². The molecule has 0 aromatic carbocycles. The minimum atomic E-state index is -0.590. The van der Waals surface area contributed by atoms with Crippen molar-refractivity contribution in [2.75, 3.05) is 0 Å². The molecule has 3 heteroatoms. The molecular formula is C12H30Ge2Mg. The summed E-state index contributed by atoms with van der Waals surface area (Å²) < 4.78 is 1.33. The summed E-state index contributed by atoms with van der Waals surface area (Å²) in [6, 6.07) is 0. The van der Waals surface area contributed by atoms with Gasteiger partial charge in [0.25, 0.3) is 0 Å². The van der Waals surface area contributed by atoms with Crippen molar-refractivity contribution in [3.05, 3.63) is 0 Å². The Morgan fingerprint density at radius 3 is 0.600 bits per heavy atom. The van der Waals surface area contributed by atoms with E-state index in [9.17, 15) is 0 Å². The normalized spacial score (nSPS) is 12.0. The van der Waals surface area contributed by atoms with Gasteiger partial charge in [0, 0.05) is 23.1 Å². The molecule has 0 unspecified atom stereocenters. The van der Waals surface area contributed by atoms with Crippen LogP contribution in [0.1, 0.15) is 41.5 Å². The van der Waals surface area contributed by atoms with E-state index in [0.717, 1.165) is 0 Å². The van der Waals surface area contributed by atoms with Gasteiger partial charge in [0.15, 0.2) is 0 Å². The van der Waals surface area contributed by atoms with Gasteiger partial charge in [-0.2, -0.15) is 0 Å². The molecule has 0 rings (SSSR count). The molecule has 0 saturated carbocycles. The zero-order valence-electron chi connectivity index (χ0n) is 12.7. The van der Waals surface area contributed by atoms with Gasteiger partial charge >= 0.3 is 102 Å². The molecule has 0 amide bonds. The Bertz CT molecular complexity index is 123. The SMILES string of the molecule is [CH3][Ge]([CH3])[C](C)(C)C.[CH3][Ge]([CH3])[C](C)(C)C.[Mg]. The number of hydrogen-bond donors (Lipinski definition) is 0. The Balaban J connectivity index is -0.000000180. The molecular weight excluding hydrogens is 314 g/mol. The quantitative estimate of drug-likeness (QED) is 0.559. The van der Waals surface area contributed by atoms with Gasteiger partial charge in [-0.15, -0.1) is 0 Å². The monoisotopic (exact) mass is 346 g/mol. The van der Waals surface area contributed by atoms with Crippen molar-refractivity contribution in [3.8, 4) is 0 Å². The Morgan fingerprint density at radius 1 is 0.533 bits per heavy atom. The van der Waals surface area contributed by atoms with Gasteiger partial charge in [-0.1, -0.05) is 0 Å². The van der Waals surface area contributed by atoms with E-state index in [-0.39, 0.29) is 23.1 Å². The third kappa shape index (κ3) is 15.9. The summed E-state index contributed by atoms with van der Waals surface area (Å²) in [6.07, 6.45) is 0. The van der Waals surface area contributed by atoms with Gasteiger partial charge in [0.05, 0.1) is 0 Å². The summed E-state index contributed by atoms with van der Waals surface area (Å²) in [7, 11) is 0. The molecule has 15 heavy (non-hydrogen) atoms. The van der Waals surface area contributed by atoms with E-state index < -0.39 is 28.7 Å². The summed E-state index contributed by atoms with van der Waals surface area (Å²) >= 11 is -1.18. The van der Waals surface area contributed by atoms with Crippen LogP contribution in [-0.4, -0.2) is 51.8 Å². The van der Waals surface area contributed by atoms with Gasteiger partial charge in [-0.3, -0.25) is 0 Å². The molecule has 0 aliphatic heterocycles. The average Bonchev–Trinajstić information content (AvgIpc) is 1.83. The van der Waals surface area contributed by atoms with Crippen LogP contribution in [0.5, 0.6) is 0 Å². The smallest absolute Gasteiger partial charge is 0 e. The van der Waals surface area contributed by atoms with E-state index in [1.165, 1.54) is 0 Å². The van der Waals surface area contributed by atoms with Crippen molar-refractivity contribution in [1.82, 2.24) is 0 Å². The molecule has 0 aliphatic carbocycles. The predicted octanol–water partition coefficient (Wildman–Crippen LogP) is 4.70. The van der Waals surface area contributed by atoms with Crippen molar-refractivity contribution in [3.63, 3.8) is 0 Å². The molecule has 0 nitrogen and oxygen atoms in total. The summed E-state index contributed by atoms with van der Waals surface area (Å²) in [5.74, 6) is 9.67. The van der Waals surface area contributed by atoms with Gasteiger partial charge in [-0.25, -0.2) is 0 Å². The second-order valence-corrected chi connectivity index (χ2v) is 21.2. The second-order valence-electron chi connectivity index (χ2n) is 6.50. The molecule has 0 N–H and O–H groups in total. The third-order valence-electron chi connectivity index (χ3n) is 3.00. The standard InChI is InChI=1S/2C6H15Ge.Mg/c2*1-6(2,3)7(4)5;/h2*1-5H3;. The molecule has 88 valence electrons. The molecule has 0 heterocycles. The largest absolute Gasteiger partial charge is 0 e. The van der Waals surface area contributed by atoms with Gasteiger partial charge in [0.2, 0.25) is 0 Å². The zero-order chi connectivity index (χ0) is 12.2. The van der Waals surface area contributed by atoms with Crippen LogP contribution in [0.25, 0.3) is 0 Å². The zero-order valence-corrected chi connectivity index (χ0v) is 18.3. The molecule has 4 radical (unpaired) electrons. The Kier molecular flexibility index (Phi) is 13.1. The van der Waals surface area contributed by atoms with Gasteiger partial charge in [0.1, 0.15) is 0 Å². The van der Waals surface area contributed by atoms with Crippen LogP contribution in [0, 0.1) is 0 Å². The fourth-order valence-electron chi connectivity index (χ4n) is 0. The Hall–Kier alpha value is 1.85.